The SMILES string of the molecule is CCOc1cc([C@H](O)c2ccc(N(C)C)cc2)ccc1OC. The number of anilines is 1. The van der Waals surface area contributed by atoms with Gasteiger partial charge < -0.3 is 19.5 Å². The van der Waals surface area contributed by atoms with Crippen LogP contribution < -0.4 is 14.4 Å². The van der Waals surface area contributed by atoms with E-state index in [1.807, 2.05) is 68.4 Å². The van der Waals surface area contributed by atoms with Crippen molar-refractivity contribution in [2.75, 3.05) is 32.7 Å². The minimum Gasteiger partial charge on any atom is -0.493 e. The number of benzene rings is 2. The highest BCUT2D eigenvalue weighted by atomic mass is 16.5. The molecule has 0 amide bonds. The van der Waals surface area contributed by atoms with Gasteiger partial charge in [0, 0.05) is 19.8 Å². The number of rotatable bonds is 6. The molecule has 118 valence electrons. The Bertz CT molecular complexity index is 608. The number of methoxy groups -OCH3 is 1. The van der Waals surface area contributed by atoms with E-state index < -0.39 is 6.10 Å². The summed E-state index contributed by atoms with van der Waals surface area (Å²) in [5.41, 5.74) is 2.72. The van der Waals surface area contributed by atoms with Gasteiger partial charge in [0.15, 0.2) is 11.5 Å². The summed E-state index contributed by atoms with van der Waals surface area (Å²) in [7, 11) is 5.58. The van der Waals surface area contributed by atoms with Gasteiger partial charge in [0.05, 0.1) is 13.7 Å². The predicted molar refractivity (Wildman–Crippen MR) is 89.0 cm³/mol. The molecular weight excluding hydrogens is 278 g/mol. The van der Waals surface area contributed by atoms with Crippen LogP contribution in [0, 0.1) is 0 Å². The maximum Gasteiger partial charge on any atom is 0.161 e. The van der Waals surface area contributed by atoms with E-state index in [0.29, 0.717) is 18.1 Å². The average Bonchev–Trinajstić information content (AvgIpc) is 2.54. The molecule has 0 aliphatic rings. The van der Waals surface area contributed by atoms with Crippen molar-refractivity contribution >= 4 is 5.69 Å². The Kier molecular flexibility index (Phi) is 5.28. The Balaban J connectivity index is 2.28. The van der Waals surface area contributed by atoms with Crippen molar-refractivity contribution in [3.63, 3.8) is 0 Å². The number of ether oxygens (including phenoxy) is 2. The Hall–Kier alpha value is -2.20. The number of hydrogen-bond acceptors (Lipinski definition) is 4. The van der Waals surface area contributed by atoms with E-state index in [9.17, 15) is 5.11 Å². The lowest BCUT2D eigenvalue weighted by Gasteiger charge is -2.17. The van der Waals surface area contributed by atoms with Crippen LogP contribution in [0.3, 0.4) is 0 Å². The molecule has 0 aliphatic carbocycles. The molecule has 2 aromatic rings. The van der Waals surface area contributed by atoms with Gasteiger partial charge in [-0.3, -0.25) is 0 Å². The molecule has 4 nitrogen and oxygen atoms in total. The molecule has 4 heteroatoms. The first kappa shape index (κ1) is 16.2. The standard InChI is InChI=1S/C18H23NO3/c1-5-22-17-12-14(8-11-16(17)21-4)18(20)13-6-9-15(10-7-13)19(2)3/h6-12,18,20H,5H2,1-4H3/t18-/m1/s1. The van der Waals surface area contributed by atoms with Gasteiger partial charge in [0.1, 0.15) is 6.10 Å². The summed E-state index contributed by atoms with van der Waals surface area (Å²) in [6.07, 6.45) is -0.693. The van der Waals surface area contributed by atoms with Crippen LogP contribution in [0.2, 0.25) is 0 Å². The zero-order chi connectivity index (χ0) is 16.1. The number of aliphatic hydroxyl groups is 1. The van der Waals surface area contributed by atoms with Crippen molar-refractivity contribution in [3.8, 4) is 11.5 Å². The fourth-order valence-electron chi connectivity index (χ4n) is 2.28. The first-order chi connectivity index (χ1) is 10.6. The quantitative estimate of drug-likeness (QED) is 0.889. The van der Waals surface area contributed by atoms with Gasteiger partial charge >= 0.3 is 0 Å². The summed E-state index contributed by atoms with van der Waals surface area (Å²) in [5.74, 6) is 1.31. The van der Waals surface area contributed by atoms with Crippen molar-refractivity contribution in [2.24, 2.45) is 0 Å². The second-order valence-electron chi connectivity index (χ2n) is 5.23. The van der Waals surface area contributed by atoms with Crippen LogP contribution in [0.25, 0.3) is 0 Å². The fraction of sp³-hybridized carbons (Fsp3) is 0.333. The monoisotopic (exact) mass is 301 g/mol. The van der Waals surface area contributed by atoms with Crippen LogP contribution in [-0.4, -0.2) is 32.9 Å². The summed E-state index contributed by atoms with van der Waals surface area (Å²) >= 11 is 0. The average molecular weight is 301 g/mol. The van der Waals surface area contributed by atoms with Crippen LogP contribution in [0.5, 0.6) is 11.5 Å². The fourth-order valence-corrected chi connectivity index (χ4v) is 2.28. The largest absolute Gasteiger partial charge is 0.493 e. The van der Waals surface area contributed by atoms with Gasteiger partial charge in [-0.25, -0.2) is 0 Å². The minimum absolute atomic E-state index is 0.549. The molecule has 2 rings (SSSR count). The summed E-state index contributed by atoms with van der Waals surface area (Å²) in [6, 6.07) is 13.3. The van der Waals surface area contributed by atoms with Crippen LogP contribution in [0.4, 0.5) is 5.69 Å². The Labute approximate surface area is 131 Å². The van der Waals surface area contributed by atoms with E-state index in [4.69, 9.17) is 9.47 Å². The molecule has 0 saturated carbocycles. The molecule has 0 aromatic heterocycles. The summed E-state index contributed by atoms with van der Waals surface area (Å²) in [5, 5.41) is 10.6. The van der Waals surface area contributed by atoms with Crippen LogP contribution in [0.1, 0.15) is 24.2 Å². The Morgan fingerprint density at radius 1 is 1.00 bits per heavy atom. The third kappa shape index (κ3) is 3.52. The Morgan fingerprint density at radius 2 is 1.64 bits per heavy atom. The summed E-state index contributed by atoms with van der Waals surface area (Å²) in [4.78, 5) is 2.02. The predicted octanol–water partition coefficient (Wildman–Crippen LogP) is 3.24. The highest BCUT2D eigenvalue weighted by Gasteiger charge is 2.14. The molecule has 0 aliphatic heterocycles. The molecule has 0 saturated heterocycles. The first-order valence-electron chi connectivity index (χ1n) is 7.33. The van der Waals surface area contributed by atoms with Crippen LogP contribution in [0.15, 0.2) is 42.5 Å². The van der Waals surface area contributed by atoms with Gasteiger partial charge in [-0.2, -0.15) is 0 Å². The van der Waals surface area contributed by atoms with E-state index in [2.05, 4.69) is 0 Å². The van der Waals surface area contributed by atoms with Crippen molar-refractivity contribution in [2.45, 2.75) is 13.0 Å². The van der Waals surface area contributed by atoms with Crippen molar-refractivity contribution in [1.82, 2.24) is 0 Å². The van der Waals surface area contributed by atoms with E-state index >= 15 is 0 Å². The van der Waals surface area contributed by atoms with E-state index in [0.717, 1.165) is 16.8 Å². The van der Waals surface area contributed by atoms with Gasteiger partial charge in [0.25, 0.3) is 0 Å². The lowest BCUT2D eigenvalue weighted by Crippen LogP contribution is -2.08. The van der Waals surface area contributed by atoms with Crippen molar-refractivity contribution in [1.29, 1.82) is 0 Å². The maximum atomic E-state index is 10.6. The summed E-state index contributed by atoms with van der Waals surface area (Å²) in [6.45, 7) is 2.47. The molecule has 2 aromatic carbocycles. The molecule has 0 unspecified atom stereocenters. The lowest BCUT2D eigenvalue weighted by atomic mass is 10.0. The van der Waals surface area contributed by atoms with Gasteiger partial charge in [0.2, 0.25) is 0 Å². The molecule has 0 spiro atoms. The zero-order valence-electron chi connectivity index (χ0n) is 13.5. The minimum atomic E-state index is -0.693. The molecule has 0 radical (unpaired) electrons. The highest BCUT2D eigenvalue weighted by molar-refractivity contribution is 5.49. The summed E-state index contributed by atoms with van der Waals surface area (Å²) < 4.78 is 10.8. The van der Waals surface area contributed by atoms with Crippen molar-refractivity contribution < 1.29 is 14.6 Å². The second-order valence-corrected chi connectivity index (χ2v) is 5.23. The molecule has 0 fully saturated rings. The van der Waals surface area contributed by atoms with Gasteiger partial charge in [-0.15, -0.1) is 0 Å². The molecule has 22 heavy (non-hydrogen) atoms. The first-order valence-corrected chi connectivity index (χ1v) is 7.33. The van der Waals surface area contributed by atoms with Crippen molar-refractivity contribution in [3.05, 3.63) is 53.6 Å². The molecule has 0 heterocycles. The second kappa shape index (κ2) is 7.18. The third-order valence-electron chi connectivity index (χ3n) is 3.53. The number of aliphatic hydroxyl groups excluding tert-OH is 1. The van der Waals surface area contributed by atoms with E-state index in [-0.39, 0.29) is 0 Å². The smallest absolute Gasteiger partial charge is 0.161 e. The normalized spacial score (nSPS) is 11.9. The lowest BCUT2D eigenvalue weighted by molar-refractivity contribution is 0.219. The molecular formula is C18H23NO3. The molecule has 1 atom stereocenters. The zero-order valence-corrected chi connectivity index (χ0v) is 13.5. The van der Waals surface area contributed by atoms with Gasteiger partial charge in [-0.1, -0.05) is 18.2 Å². The molecule has 0 bridgehead atoms. The maximum absolute atomic E-state index is 10.6. The van der Waals surface area contributed by atoms with Crippen LogP contribution >= 0.6 is 0 Å². The third-order valence-corrected chi connectivity index (χ3v) is 3.53. The topological polar surface area (TPSA) is 41.9 Å². The highest BCUT2D eigenvalue weighted by Crippen LogP contribution is 2.32. The Morgan fingerprint density at radius 3 is 2.18 bits per heavy atom. The number of nitrogens with zero attached hydrogens (tertiary/aromatic N) is 1. The van der Waals surface area contributed by atoms with Gasteiger partial charge in [-0.05, 0) is 42.3 Å². The van der Waals surface area contributed by atoms with E-state index in [1.54, 1.807) is 7.11 Å². The number of hydrogen-bond donors (Lipinski definition) is 1. The molecule has 1 N–H and O–H groups in total. The van der Waals surface area contributed by atoms with E-state index in [1.165, 1.54) is 0 Å². The van der Waals surface area contributed by atoms with Crippen LogP contribution in [-0.2, 0) is 0 Å².